The standard InChI is InChI=1S/C15H13F4NO/c1-9-6-11(16)2-5-14(9)21-12-3-4-13(15(17,18)19)10(7-12)8-20/h2-7H,8,20H2,1H3. The molecule has 0 heterocycles. The second kappa shape index (κ2) is 5.73. The normalized spacial score (nSPS) is 11.5. The van der Waals surface area contributed by atoms with E-state index in [0.717, 1.165) is 6.07 Å². The zero-order valence-corrected chi connectivity index (χ0v) is 11.2. The topological polar surface area (TPSA) is 35.2 Å². The van der Waals surface area contributed by atoms with E-state index >= 15 is 0 Å². The third-order valence-electron chi connectivity index (χ3n) is 2.97. The maximum Gasteiger partial charge on any atom is 0.416 e. The number of hydrogen-bond donors (Lipinski definition) is 1. The summed E-state index contributed by atoms with van der Waals surface area (Å²) in [7, 11) is 0. The molecule has 0 bridgehead atoms. The van der Waals surface area contributed by atoms with Gasteiger partial charge in [-0.15, -0.1) is 0 Å². The minimum atomic E-state index is -4.46. The lowest BCUT2D eigenvalue weighted by molar-refractivity contribution is -0.138. The minimum Gasteiger partial charge on any atom is -0.457 e. The molecule has 0 saturated carbocycles. The minimum absolute atomic E-state index is 0.0558. The fraction of sp³-hybridized carbons (Fsp3) is 0.200. The Morgan fingerprint density at radius 2 is 1.81 bits per heavy atom. The van der Waals surface area contributed by atoms with Crippen LogP contribution in [0.1, 0.15) is 16.7 Å². The first-order chi connectivity index (χ1) is 9.81. The third-order valence-corrected chi connectivity index (χ3v) is 2.97. The lowest BCUT2D eigenvalue weighted by Crippen LogP contribution is -2.11. The van der Waals surface area contributed by atoms with E-state index in [2.05, 4.69) is 0 Å². The van der Waals surface area contributed by atoms with Crippen molar-refractivity contribution in [1.82, 2.24) is 0 Å². The third kappa shape index (κ3) is 3.52. The number of rotatable bonds is 3. The van der Waals surface area contributed by atoms with Crippen molar-refractivity contribution < 1.29 is 22.3 Å². The highest BCUT2D eigenvalue weighted by atomic mass is 19.4. The average molecular weight is 299 g/mol. The van der Waals surface area contributed by atoms with Gasteiger partial charge in [-0.25, -0.2) is 4.39 Å². The molecular weight excluding hydrogens is 286 g/mol. The Morgan fingerprint density at radius 1 is 1.10 bits per heavy atom. The lowest BCUT2D eigenvalue weighted by atomic mass is 10.1. The van der Waals surface area contributed by atoms with E-state index in [-0.39, 0.29) is 17.9 Å². The van der Waals surface area contributed by atoms with Gasteiger partial charge in [0.2, 0.25) is 0 Å². The van der Waals surface area contributed by atoms with Gasteiger partial charge in [0.15, 0.2) is 0 Å². The van der Waals surface area contributed by atoms with Crippen LogP contribution in [0.4, 0.5) is 17.6 Å². The molecule has 2 aromatic carbocycles. The Morgan fingerprint density at radius 3 is 2.38 bits per heavy atom. The fourth-order valence-electron chi connectivity index (χ4n) is 1.93. The monoisotopic (exact) mass is 299 g/mol. The first kappa shape index (κ1) is 15.3. The Kier molecular flexibility index (Phi) is 4.18. The summed E-state index contributed by atoms with van der Waals surface area (Å²) >= 11 is 0. The van der Waals surface area contributed by atoms with Crippen LogP contribution < -0.4 is 10.5 Å². The van der Waals surface area contributed by atoms with E-state index in [1.165, 1.54) is 30.3 Å². The Labute approximate surface area is 119 Å². The maximum atomic E-state index is 13.0. The van der Waals surface area contributed by atoms with Crippen molar-refractivity contribution in [2.24, 2.45) is 5.73 Å². The fourth-order valence-corrected chi connectivity index (χ4v) is 1.93. The molecule has 0 aliphatic carbocycles. The van der Waals surface area contributed by atoms with Crippen LogP contribution in [0.5, 0.6) is 11.5 Å². The lowest BCUT2D eigenvalue weighted by Gasteiger charge is -2.14. The van der Waals surface area contributed by atoms with Crippen LogP contribution in [-0.4, -0.2) is 0 Å². The molecular formula is C15H13F4NO. The molecule has 0 aliphatic rings. The summed E-state index contributed by atoms with van der Waals surface area (Å²) in [5.74, 6) is 0.187. The summed E-state index contributed by atoms with van der Waals surface area (Å²) in [6.45, 7) is 1.39. The largest absolute Gasteiger partial charge is 0.457 e. The second-order valence-corrected chi connectivity index (χ2v) is 4.53. The van der Waals surface area contributed by atoms with Crippen molar-refractivity contribution in [1.29, 1.82) is 0 Å². The smallest absolute Gasteiger partial charge is 0.416 e. The molecule has 2 nitrogen and oxygen atoms in total. The van der Waals surface area contributed by atoms with E-state index in [9.17, 15) is 17.6 Å². The van der Waals surface area contributed by atoms with Gasteiger partial charge in [0.05, 0.1) is 5.56 Å². The Balaban J connectivity index is 2.33. The van der Waals surface area contributed by atoms with E-state index < -0.39 is 17.6 Å². The quantitative estimate of drug-likeness (QED) is 0.852. The molecule has 112 valence electrons. The van der Waals surface area contributed by atoms with E-state index in [1.54, 1.807) is 6.92 Å². The number of ether oxygens (including phenoxy) is 1. The summed E-state index contributed by atoms with van der Waals surface area (Å²) in [6, 6.07) is 7.30. The van der Waals surface area contributed by atoms with Gasteiger partial charge in [0, 0.05) is 6.54 Å². The Hall–Kier alpha value is -2.08. The van der Waals surface area contributed by atoms with Crippen molar-refractivity contribution in [2.45, 2.75) is 19.6 Å². The van der Waals surface area contributed by atoms with Crippen molar-refractivity contribution in [3.63, 3.8) is 0 Å². The van der Waals surface area contributed by atoms with Crippen LogP contribution in [0.25, 0.3) is 0 Å². The summed E-state index contributed by atoms with van der Waals surface area (Å²) in [5.41, 5.74) is 5.06. The highest BCUT2D eigenvalue weighted by molar-refractivity contribution is 5.41. The molecule has 0 radical (unpaired) electrons. The van der Waals surface area contributed by atoms with Crippen LogP contribution in [0.15, 0.2) is 36.4 Å². The molecule has 2 N–H and O–H groups in total. The highest BCUT2D eigenvalue weighted by Crippen LogP contribution is 2.35. The van der Waals surface area contributed by atoms with E-state index in [0.29, 0.717) is 11.3 Å². The van der Waals surface area contributed by atoms with Crippen LogP contribution in [0, 0.1) is 12.7 Å². The zero-order valence-electron chi connectivity index (χ0n) is 11.2. The molecule has 0 aromatic heterocycles. The first-order valence-corrected chi connectivity index (χ1v) is 6.15. The Bertz CT molecular complexity index is 653. The molecule has 0 amide bonds. The van der Waals surface area contributed by atoms with Gasteiger partial charge in [-0.3, -0.25) is 0 Å². The number of alkyl halides is 3. The van der Waals surface area contributed by atoms with Gasteiger partial charge in [-0.2, -0.15) is 13.2 Å². The molecule has 21 heavy (non-hydrogen) atoms. The van der Waals surface area contributed by atoms with E-state index in [4.69, 9.17) is 10.5 Å². The van der Waals surface area contributed by atoms with Gasteiger partial charge in [-0.05, 0) is 54.4 Å². The first-order valence-electron chi connectivity index (χ1n) is 6.15. The van der Waals surface area contributed by atoms with Crippen LogP contribution in [-0.2, 0) is 12.7 Å². The molecule has 0 aliphatic heterocycles. The van der Waals surface area contributed by atoms with Gasteiger partial charge in [-0.1, -0.05) is 0 Å². The molecule has 0 unspecified atom stereocenters. The number of hydrogen-bond acceptors (Lipinski definition) is 2. The molecule has 0 atom stereocenters. The number of nitrogens with two attached hydrogens (primary N) is 1. The van der Waals surface area contributed by atoms with Crippen LogP contribution >= 0.6 is 0 Å². The number of benzene rings is 2. The molecule has 2 rings (SSSR count). The maximum absolute atomic E-state index is 13.0. The second-order valence-electron chi connectivity index (χ2n) is 4.53. The molecule has 0 fully saturated rings. The number of halogens is 4. The van der Waals surface area contributed by atoms with Gasteiger partial charge in [0.25, 0.3) is 0 Å². The van der Waals surface area contributed by atoms with Gasteiger partial charge >= 0.3 is 6.18 Å². The summed E-state index contributed by atoms with van der Waals surface area (Å²) < 4.78 is 56.8. The molecule has 2 aromatic rings. The molecule has 0 saturated heterocycles. The predicted molar refractivity (Wildman–Crippen MR) is 70.5 cm³/mol. The van der Waals surface area contributed by atoms with E-state index in [1.807, 2.05) is 0 Å². The molecule has 0 spiro atoms. The summed E-state index contributed by atoms with van der Waals surface area (Å²) in [4.78, 5) is 0. The van der Waals surface area contributed by atoms with Crippen LogP contribution in [0.2, 0.25) is 0 Å². The number of aryl methyl sites for hydroxylation is 1. The predicted octanol–water partition coefficient (Wildman–Crippen LogP) is 4.40. The van der Waals surface area contributed by atoms with Gasteiger partial charge < -0.3 is 10.5 Å². The van der Waals surface area contributed by atoms with Crippen molar-refractivity contribution in [2.75, 3.05) is 0 Å². The van der Waals surface area contributed by atoms with Crippen LogP contribution in [0.3, 0.4) is 0 Å². The molecule has 6 heteroatoms. The average Bonchev–Trinajstić information content (AvgIpc) is 2.40. The summed E-state index contributed by atoms with van der Waals surface area (Å²) in [5, 5.41) is 0. The van der Waals surface area contributed by atoms with Crippen molar-refractivity contribution in [3.8, 4) is 11.5 Å². The SMILES string of the molecule is Cc1cc(F)ccc1Oc1ccc(C(F)(F)F)c(CN)c1. The van der Waals surface area contributed by atoms with Crippen molar-refractivity contribution in [3.05, 3.63) is 58.9 Å². The van der Waals surface area contributed by atoms with Gasteiger partial charge in [0.1, 0.15) is 17.3 Å². The van der Waals surface area contributed by atoms with Crippen molar-refractivity contribution >= 4 is 0 Å². The zero-order chi connectivity index (χ0) is 15.6. The summed E-state index contributed by atoms with van der Waals surface area (Å²) in [6.07, 6.45) is -4.46. The highest BCUT2D eigenvalue weighted by Gasteiger charge is 2.33.